The van der Waals surface area contributed by atoms with Crippen LogP contribution >= 0.6 is 0 Å². The van der Waals surface area contributed by atoms with E-state index >= 15 is 0 Å². The van der Waals surface area contributed by atoms with E-state index in [0.29, 0.717) is 19.8 Å². The molecule has 0 heterocycles. The molecule has 0 aliphatic rings. The van der Waals surface area contributed by atoms with Gasteiger partial charge < -0.3 is 13.3 Å². The molecular formula is C25H55NO3Si. The molecule has 0 bridgehead atoms. The summed E-state index contributed by atoms with van der Waals surface area (Å²) in [4.78, 5) is 2.67. The van der Waals surface area contributed by atoms with Gasteiger partial charge in [0.2, 0.25) is 0 Å². The Morgan fingerprint density at radius 2 is 0.900 bits per heavy atom. The Hall–Kier alpha value is 0.0569. The normalized spacial score (nSPS) is 13.3. The van der Waals surface area contributed by atoms with Crippen molar-refractivity contribution in [3.8, 4) is 0 Å². The van der Waals surface area contributed by atoms with Crippen molar-refractivity contribution in [2.24, 2.45) is 0 Å². The molecule has 0 aromatic heterocycles. The van der Waals surface area contributed by atoms with Crippen molar-refractivity contribution in [1.29, 1.82) is 0 Å². The van der Waals surface area contributed by atoms with Crippen molar-refractivity contribution in [2.75, 3.05) is 32.9 Å². The monoisotopic (exact) mass is 445 g/mol. The molecule has 1 unspecified atom stereocenters. The van der Waals surface area contributed by atoms with E-state index in [9.17, 15) is 0 Å². The van der Waals surface area contributed by atoms with Crippen molar-refractivity contribution in [1.82, 2.24) is 4.90 Å². The van der Waals surface area contributed by atoms with Crippen molar-refractivity contribution < 1.29 is 13.3 Å². The summed E-state index contributed by atoms with van der Waals surface area (Å²) < 4.78 is 18.9. The zero-order valence-corrected chi connectivity index (χ0v) is 22.5. The van der Waals surface area contributed by atoms with E-state index in [1.54, 1.807) is 0 Å². The van der Waals surface area contributed by atoms with Gasteiger partial charge in [-0.25, -0.2) is 0 Å². The lowest BCUT2D eigenvalue weighted by Crippen LogP contribution is -2.63. The molecule has 0 aromatic rings. The summed E-state index contributed by atoms with van der Waals surface area (Å²) in [5, 5.41) is 0. The highest BCUT2D eigenvalue weighted by Gasteiger charge is 2.50. The number of hydrogen-bond donors (Lipinski definition) is 0. The minimum absolute atomic E-state index is 0.267. The average Bonchev–Trinajstić information content (AvgIpc) is 2.73. The summed E-state index contributed by atoms with van der Waals surface area (Å²) >= 11 is 0. The second kappa shape index (κ2) is 20.9. The fraction of sp³-hybridized carbons (Fsp3) is 1.00. The Morgan fingerprint density at radius 1 is 0.533 bits per heavy atom. The van der Waals surface area contributed by atoms with Crippen molar-refractivity contribution in [3.05, 3.63) is 0 Å². The van der Waals surface area contributed by atoms with E-state index in [2.05, 4.69) is 46.4 Å². The molecule has 0 rings (SSSR count). The number of unbranched alkanes of at least 4 members (excludes halogenated alkanes) is 10. The van der Waals surface area contributed by atoms with E-state index in [1.165, 1.54) is 77.0 Å². The third-order valence-corrected chi connectivity index (χ3v) is 9.53. The molecule has 0 saturated heterocycles. The predicted octanol–water partition coefficient (Wildman–Crippen LogP) is 7.38. The standard InChI is InChI=1S/C25H55NO3Si/c1-7-13-15-17-19-21-23-26(24-22-20-18-16-14-8-2)25(9-3)30(27-10-4,28-11-5)29-12-6/h25H,7-24H2,1-6H3. The van der Waals surface area contributed by atoms with Crippen LogP contribution in [0.2, 0.25) is 0 Å². The number of nitrogens with zero attached hydrogens (tertiary/aromatic N) is 1. The van der Waals surface area contributed by atoms with Crippen LogP contribution in [-0.4, -0.2) is 52.3 Å². The predicted molar refractivity (Wildman–Crippen MR) is 133 cm³/mol. The van der Waals surface area contributed by atoms with Gasteiger partial charge in [-0.1, -0.05) is 85.0 Å². The van der Waals surface area contributed by atoms with Gasteiger partial charge in [0.25, 0.3) is 0 Å². The molecule has 0 fully saturated rings. The van der Waals surface area contributed by atoms with E-state index in [-0.39, 0.29) is 5.67 Å². The Balaban J connectivity index is 5.09. The van der Waals surface area contributed by atoms with Gasteiger partial charge in [-0.2, -0.15) is 0 Å². The van der Waals surface area contributed by atoms with Crippen LogP contribution in [0.1, 0.15) is 125 Å². The lowest BCUT2D eigenvalue weighted by atomic mass is 10.1. The highest BCUT2D eigenvalue weighted by molar-refractivity contribution is 6.62. The smallest absolute Gasteiger partial charge is 0.373 e. The van der Waals surface area contributed by atoms with Gasteiger partial charge in [0.15, 0.2) is 0 Å². The summed E-state index contributed by atoms with van der Waals surface area (Å²) in [5.74, 6) is 0. The average molecular weight is 446 g/mol. The van der Waals surface area contributed by atoms with Crippen LogP contribution in [-0.2, 0) is 13.3 Å². The number of hydrogen-bond acceptors (Lipinski definition) is 4. The van der Waals surface area contributed by atoms with E-state index in [0.717, 1.165) is 19.5 Å². The highest BCUT2D eigenvalue weighted by Crippen LogP contribution is 2.24. The maximum Gasteiger partial charge on any atom is 0.519 e. The number of rotatable bonds is 23. The maximum absolute atomic E-state index is 6.32. The van der Waals surface area contributed by atoms with Crippen molar-refractivity contribution in [2.45, 2.75) is 131 Å². The molecule has 4 nitrogen and oxygen atoms in total. The Bertz CT molecular complexity index is 324. The van der Waals surface area contributed by atoms with Crippen LogP contribution in [0.15, 0.2) is 0 Å². The minimum atomic E-state index is -2.72. The Labute approximate surface area is 190 Å². The van der Waals surface area contributed by atoms with Gasteiger partial charge in [-0.15, -0.1) is 0 Å². The zero-order chi connectivity index (χ0) is 22.5. The van der Waals surface area contributed by atoms with E-state index < -0.39 is 8.80 Å². The fourth-order valence-corrected chi connectivity index (χ4v) is 7.60. The Kier molecular flexibility index (Phi) is 21.0. The van der Waals surface area contributed by atoms with Gasteiger partial charge in [0.05, 0.1) is 5.67 Å². The van der Waals surface area contributed by atoms with Crippen molar-refractivity contribution >= 4 is 8.80 Å². The zero-order valence-electron chi connectivity index (χ0n) is 21.5. The van der Waals surface area contributed by atoms with Gasteiger partial charge in [-0.05, 0) is 53.1 Å². The summed E-state index contributed by atoms with van der Waals surface area (Å²) in [5.41, 5.74) is 0.267. The SMILES string of the molecule is CCCCCCCCN(CCCCCCCC)C(CC)[Si](OCC)(OCC)OCC. The van der Waals surface area contributed by atoms with Crippen molar-refractivity contribution in [3.63, 3.8) is 0 Å². The first-order valence-electron chi connectivity index (χ1n) is 13.3. The van der Waals surface area contributed by atoms with Crippen LogP contribution in [0.5, 0.6) is 0 Å². The quantitative estimate of drug-likeness (QED) is 0.121. The molecule has 0 aliphatic carbocycles. The molecule has 0 aromatic carbocycles. The molecule has 30 heavy (non-hydrogen) atoms. The van der Waals surface area contributed by atoms with Crippen LogP contribution in [0.25, 0.3) is 0 Å². The molecule has 0 saturated carbocycles. The maximum atomic E-state index is 6.32. The van der Waals surface area contributed by atoms with Gasteiger partial charge in [0, 0.05) is 19.8 Å². The molecule has 0 spiro atoms. The Morgan fingerprint density at radius 3 is 1.23 bits per heavy atom. The second-order valence-electron chi connectivity index (χ2n) is 8.40. The molecule has 0 N–H and O–H groups in total. The molecule has 1 atom stereocenters. The second-order valence-corrected chi connectivity index (χ2v) is 11.1. The fourth-order valence-electron chi connectivity index (χ4n) is 4.36. The molecule has 0 radical (unpaired) electrons. The third kappa shape index (κ3) is 12.8. The molecule has 0 aliphatic heterocycles. The third-order valence-electron chi connectivity index (χ3n) is 5.87. The molecule has 0 amide bonds. The van der Waals surface area contributed by atoms with E-state index in [1.807, 2.05) is 0 Å². The summed E-state index contributed by atoms with van der Waals surface area (Å²) in [7, 11) is -2.72. The van der Waals surface area contributed by atoms with Gasteiger partial charge >= 0.3 is 8.80 Å². The topological polar surface area (TPSA) is 30.9 Å². The molecular weight excluding hydrogens is 390 g/mol. The summed E-state index contributed by atoms with van der Waals surface area (Å²) in [6.07, 6.45) is 17.1. The lowest BCUT2D eigenvalue weighted by molar-refractivity contribution is 0.0327. The van der Waals surface area contributed by atoms with Crippen LogP contribution < -0.4 is 0 Å². The first-order chi connectivity index (χ1) is 14.7. The van der Waals surface area contributed by atoms with Gasteiger partial charge in [-0.3, -0.25) is 4.90 Å². The molecule has 182 valence electrons. The lowest BCUT2D eigenvalue weighted by Gasteiger charge is -2.41. The van der Waals surface area contributed by atoms with Gasteiger partial charge in [0.1, 0.15) is 0 Å². The van der Waals surface area contributed by atoms with Crippen LogP contribution in [0.4, 0.5) is 0 Å². The molecule has 5 heteroatoms. The minimum Gasteiger partial charge on any atom is -0.373 e. The largest absolute Gasteiger partial charge is 0.519 e. The van der Waals surface area contributed by atoms with Crippen LogP contribution in [0, 0.1) is 0 Å². The van der Waals surface area contributed by atoms with Crippen LogP contribution in [0.3, 0.4) is 0 Å². The first kappa shape index (κ1) is 30.1. The first-order valence-corrected chi connectivity index (χ1v) is 15.1. The summed E-state index contributed by atoms with van der Waals surface area (Å²) in [6.45, 7) is 17.3. The highest BCUT2D eigenvalue weighted by atomic mass is 28.4. The van der Waals surface area contributed by atoms with E-state index in [4.69, 9.17) is 13.3 Å². The summed E-state index contributed by atoms with van der Waals surface area (Å²) in [6, 6.07) is 0.